The van der Waals surface area contributed by atoms with Gasteiger partial charge in [-0.2, -0.15) is 0 Å². The lowest BCUT2D eigenvalue weighted by molar-refractivity contribution is -0.121. The lowest BCUT2D eigenvalue weighted by atomic mass is 10.1. The lowest BCUT2D eigenvalue weighted by Gasteiger charge is -2.24. The maximum Gasteiger partial charge on any atom is 0.229 e. The Morgan fingerprint density at radius 2 is 1.45 bits per heavy atom. The Kier molecular flexibility index (Phi) is 5.69. The van der Waals surface area contributed by atoms with Crippen LogP contribution in [0.5, 0.6) is 0 Å². The summed E-state index contributed by atoms with van der Waals surface area (Å²) in [6.07, 6.45) is 1.99. The summed E-state index contributed by atoms with van der Waals surface area (Å²) in [5.74, 6) is -0.0514. The molecule has 3 nitrogen and oxygen atoms in total. The van der Waals surface area contributed by atoms with Crippen LogP contribution in [0.3, 0.4) is 0 Å². The maximum absolute atomic E-state index is 14.1. The van der Waals surface area contributed by atoms with Crippen molar-refractivity contribution in [3.8, 4) is 0 Å². The van der Waals surface area contributed by atoms with Gasteiger partial charge < -0.3 is 9.46 Å². The molecule has 0 N–H and O–H groups in total. The van der Waals surface area contributed by atoms with Gasteiger partial charge in [-0.1, -0.05) is 85.8 Å². The molecule has 3 aromatic rings. The van der Waals surface area contributed by atoms with Crippen LogP contribution in [0.25, 0.3) is 0 Å². The van der Waals surface area contributed by atoms with Crippen molar-refractivity contribution in [1.29, 1.82) is 0 Å². The lowest BCUT2D eigenvalue weighted by Crippen LogP contribution is -2.34. The molecule has 0 bridgehead atoms. The molecular weight excluding hydrogens is 377 g/mol. The quantitative estimate of drug-likeness (QED) is 0.564. The van der Waals surface area contributed by atoms with E-state index >= 15 is 0 Å². The average Bonchev–Trinajstić information content (AvgIpc) is 3.22. The Labute approximate surface area is 172 Å². The summed E-state index contributed by atoms with van der Waals surface area (Å²) in [6.45, 7) is 2.70. The first-order valence-corrected chi connectivity index (χ1v) is 12.1. The molecule has 3 aromatic carbocycles. The molecule has 1 aliphatic rings. The van der Waals surface area contributed by atoms with Crippen LogP contribution in [0.2, 0.25) is 0 Å². The predicted molar refractivity (Wildman–Crippen MR) is 121 cm³/mol. The van der Waals surface area contributed by atoms with Crippen molar-refractivity contribution in [3.05, 3.63) is 90.5 Å². The molecule has 1 amide bonds. The zero-order chi connectivity index (χ0) is 20.3. The first kappa shape index (κ1) is 19.7. The van der Waals surface area contributed by atoms with E-state index in [0.29, 0.717) is 12.6 Å². The van der Waals surface area contributed by atoms with Crippen molar-refractivity contribution in [2.24, 2.45) is 5.92 Å². The molecule has 0 saturated heterocycles. The molecule has 0 aromatic heterocycles. The van der Waals surface area contributed by atoms with Crippen LogP contribution in [0.4, 0.5) is 5.69 Å². The first-order valence-electron chi connectivity index (χ1n) is 10.2. The molecular formula is C25H26NO2P. The van der Waals surface area contributed by atoms with E-state index in [4.69, 9.17) is 0 Å². The summed E-state index contributed by atoms with van der Waals surface area (Å²) in [5, 5.41) is 1.72. The van der Waals surface area contributed by atoms with Gasteiger partial charge >= 0.3 is 0 Å². The van der Waals surface area contributed by atoms with Crippen LogP contribution in [0.1, 0.15) is 18.9 Å². The van der Waals surface area contributed by atoms with E-state index < -0.39 is 7.14 Å². The molecule has 0 saturated carbocycles. The van der Waals surface area contributed by atoms with Crippen molar-refractivity contribution in [2.75, 3.05) is 17.6 Å². The summed E-state index contributed by atoms with van der Waals surface area (Å²) >= 11 is 0. The van der Waals surface area contributed by atoms with Gasteiger partial charge in [-0.05, 0) is 24.5 Å². The van der Waals surface area contributed by atoms with Crippen molar-refractivity contribution in [2.45, 2.75) is 19.8 Å². The molecule has 1 heterocycles. The highest BCUT2D eigenvalue weighted by Gasteiger charge is 2.31. The summed E-state index contributed by atoms with van der Waals surface area (Å²) in [7, 11) is -2.79. The topological polar surface area (TPSA) is 37.4 Å². The number of benzene rings is 3. The number of amides is 1. The number of fused-ring (bicyclic) bond motifs is 1. The monoisotopic (exact) mass is 403 g/mol. The van der Waals surface area contributed by atoms with E-state index in [-0.39, 0.29) is 11.8 Å². The maximum atomic E-state index is 14.1. The first-order chi connectivity index (χ1) is 14.1. The summed E-state index contributed by atoms with van der Waals surface area (Å²) in [6, 6.07) is 27.5. The van der Waals surface area contributed by atoms with Gasteiger partial charge in [-0.25, -0.2) is 0 Å². The van der Waals surface area contributed by atoms with E-state index in [1.165, 1.54) is 5.56 Å². The summed E-state index contributed by atoms with van der Waals surface area (Å²) < 4.78 is 14.1. The average molecular weight is 403 g/mol. The van der Waals surface area contributed by atoms with Gasteiger partial charge in [-0.15, -0.1) is 0 Å². The zero-order valence-electron chi connectivity index (χ0n) is 16.7. The molecule has 1 aliphatic heterocycles. The molecule has 0 aliphatic carbocycles. The van der Waals surface area contributed by atoms with E-state index in [1.54, 1.807) is 0 Å². The molecule has 29 heavy (non-hydrogen) atoms. The van der Waals surface area contributed by atoms with Gasteiger partial charge in [0.25, 0.3) is 0 Å². The Morgan fingerprint density at radius 1 is 0.897 bits per heavy atom. The fourth-order valence-corrected chi connectivity index (χ4v) is 6.95. The van der Waals surface area contributed by atoms with Crippen molar-refractivity contribution >= 4 is 29.3 Å². The minimum absolute atomic E-state index is 0.127. The van der Waals surface area contributed by atoms with E-state index in [2.05, 4.69) is 6.07 Å². The minimum Gasteiger partial charge on any atom is -0.314 e. The van der Waals surface area contributed by atoms with Gasteiger partial charge in [0.15, 0.2) is 0 Å². The molecule has 4 heteroatoms. The number of hydrogen-bond acceptors (Lipinski definition) is 2. The number of carbonyl (C=O) groups is 1. The van der Waals surface area contributed by atoms with Crippen LogP contribution < -0.4 is 15.5 Å². The van der Waals surface area contributed by atoms with Crippen LogP contribution in [0.15, 0.2) is 84.9 Å². The highest BCUT2D eigenvalue weighted by Crippen LogP contribution is 2.44. The molecule has 1 unspecified atom stereocenters. The van der Waals surface area contributed by atoms with Crippen LogP contribution >= 0.6 is 7.14 Å². The third-order valence-electron chi connectivity index (χ3n) is 5.80. The number of nitrogens with zero attached hydrogens (tertiary/aromatic N) is 1. The number of hydrogen-bond donors (Lipinski definition) is 0. The predicted octanol–water partition coefficient (Wildman–Crippen LogP) is 4.62. The second kappa shape index (κ2) is 8.39. The van der Waals surface area contributed by atoms with Crippen LogP contribution in [0, 0.1) is 5.92 Å². The highest BCUT2D eigenvalue weighted by molar-refractivity contribution is 7.78. The fourth-order valence-electron chi connectivity index (χ4n) is 4.08. The number of rotatable bonds is 6. The molecule has 0 radical (unpaired) electrons. The smallest absolute Gasteiger partial charge is 0.229 e. The van der Waals surface area contributed by atoms with E-state index in [1.807, 2.05) is 90.7 Å². The van der Waals surface area contributed by atoms with Gasteiger partial charge in [0.1, 0.15) is 7.14 Å². The van der Waals surface area contributed by atoms with Gasteiger partial charge in [0.05, 0.1) is 0 Å². The second-order valence-electron chi connectivity index (χ2n) is 7.69. The Hall–Kier alpha value is -2.64. The Bertz CT molecular complexity index is 989. The van der Waals surface area contributed by atoms with Crippen molar-refractivity contribution < 1.29 is 9.36 Å². The van der Waals surface area contributed by atoms with Gasteiger partial charge in [0.2, 0.25) is 5.91 Å². The minimum atomic E-state index is -2.79. The Morgan fingerprint density at radius 3 is 2.07 bits per heavy atom. The molecule has 1 atom stereocenters. The standard InChI is InChI=1S/C25H26NO2P/c1-20(25(27)26-18-16-21-10-8-9-15-24(21)26)17-19-29(28,22-11-4-2-5-12-22)23-13-6-3-7-14-23/h2-15,20H,16-19H2,1H3. The number of carbonyl (C=O) groups excluding carboxylic acids is 1. The molecule has 0 spiro atoms. The van der Waals surface area contributed by atoms with E-state index in [0.717, 1.165) is 29.3 Å². The molecule has 4 rings (SSSR count). The fraction of sp³-hybridized carbons (Fsp3) is 0.240. The number of anilines is 1. The summed E-state index contributed by atoms with van der Waals surface area (Å²) in [5.41, 5.74) is 2.26. The third-order valence-corrected chi connectivity index (χ3v) is 8.95. The SMILES string of the molecule is CC(CCP(=O)(c1ccccc1)c1ccccc1)C(=O)N1CCc2ccccc21. The Balaban J connectivity index is 1.54. The van der Waals surface area contributed by atoms with E-state index in [9.17, 15) is 9.36 Å². The second-order valence-corrected chi connectivity index (χ2v) is 10.7. The van der Waals surface area contributed by atoms with Gasteiger partial charge in [-0.3, -0.25) is 4.79 Å². The largest absolute Gasteiger partial charge is 0.314 e. The summed E-state index contributed by atoms with van der Waals surface area (Å²) in [4.78, 5) is 15.0. The molecule has 148 valence electrons. The van der Waals surface area contributed by atoms with Crippen molar-refractivity contribution in [3.63, 3.8) is 0 Å². The third kappa shape index (κ3) is 3.93. The normalized spacial score (nSPS) is 14.4. The van der Waals surface area contributed by atoms with Gasteiger partial charge in [0, 0.05) is 34.9 Å². The molecule has 0 fully saturated rings. The highest BCUT2D eigenvalue weighted by atomic mass is 31.2. The van der Waals surface area contributed by atoms with Crippen LogP contribution in [-0.2, 0) is 15.8 Å². The number of para-hydroxylation sites is 1. The zero-order valence-corrected chi connectivity index (χ0v) is 17.6. The van der Waals surface area contributed by atoms with Crippen molar-refractivity contribution in [1.82, 2.24) is 0 Å². The van der Waals surface area contributed by atoms with Crippen LogP contribution in [-0.4, -0.2) is 18.6 Å².